The van der Waals surface area contributed by atoms with Crippen molar-refractivity contribution >= 4 is 22.4 Å². The zero-order valence-corrected chi connectivity index (χ0v) is 15.6. The highest BCUT2D eigenvalue weighted by Gasteiger charge is 2.09. The number of aromatic amines is 1. The number of nitrogens with one attached hydrogen (secondary N) is 2. The van der Waals surface area contributed by atoms with Crippen LogP contribution in [0.2, 0.25) is 0 Å². The van der Waals surface area contributed by atoms with Gasteiger partial charge in [-0.3, -0.25) is 4.98 Å². The van der Waals surface area contributed by atoms with Gasteiger partial charge < -0.3 is 10.3 Å². The van der Waals surface area contributed by atoms with E-state index < -0.39 is 0 Å². The molecule has 0 radical (unpaired) electrons. The molecule has 0 aliphatic carbocycles. The molecule has 0 aliphatic heterocycles. The fraction of sp³-hybridized carbons (Fsp3) is 0.136. The van der Waals surface area contributed by atoms with Crippen LogP contribution in [-0.2, 0) is 6.42 Å². The number of pyridine rings is 1. The Morgan fingerprint density at radius 1 is 1.11 bits per heavy atom. The van der Waals surface area contributed by atoms with E-state index in [1.165, 1.54) is 16.5 Å². The third-order valence-corrected chi connectivity index (χ3v) is 4.91. The minimum absolute atomic E-state index is 0.798. The van der Waals surface area contributed by atoms with Crippen LogP contribution in [0.25, 0.3) is 27.8 Å². The van der Waals surface area contributed by atoms with Crippen molar-refractivity contribution in [1.82, 2.24) is 24.6 Å². The van der Waals surface area contributed by atoms with E-state index in [0.29, 0.717) is 0 Å². The van der Waals surface area contributed by atoms with Gasteiger partial charge in [-0.25, -0.2) is 4.98 Å². The molecule has 0 saturated heterocycles. The molecule has 0 spiro atoms. The molecular weight excluding hydrogens is 348 g/mol. The largest absolute Gasteiger partial charge is 0.370 e. The van der Waals surface area contributed by atoms with Crippen LogP contribution in [0, 0.1) is 6.92 Å². The summed E-state index contributed by atoms with van der Waals surface area (Å²) >= 11 is 0. The maximum atomic E-state index is 4.72. The summed E-state index contributed by atoms with van der Waals surface area (Å²) in [6.07, 6.45) is 8.47. The maximum absolute atomic E-state index is 4.72. The van der Waals surface area contributed by atoms with Crippen molar-refractivity contribution in [2.75, 3.05) is 11.9 Å². The van der Waals surface area contributed by atoms with Crippen molar-refractivity contribution in [3.05, 3.63) is 78.4 Å². The second-order valence-corrected chi connectivity index (χ2v) is 6.92. The minimum Gasteiger partial charge on any atom is -0.370 e. The second-order valence-electron chi connectivity index (χ2n) is 6.92. The molecule has 6 heteroatoms. The average molecular weight is 368 g/mol. The molecular formula is C22H20N6. The van der Waals surface area contributed by atoms with E-state index in [2.05, 4.69) is 50.8 Å². The normalized spacial score (nSPS) is 11.3. The highest BCUT2D eigenvalue weighted by molar-refractivity contribution is 5.83. The lowest BCUT2D eigenvalue weighted by Crippen LogP contribution is -2.10. The van der Waals surface area contributed by atoms with Gasteiger partial charge in [0.05, 0.1) is 11.9 Å². The van der Waals surface area contributed by atoms with Crippen LogP contribution in [0.15, 0.2) is 67.3 Å². The molecule has 138 valence electrons. The third-order valence-electron chi connectivity index (χ3n) is 4.91. The molecule has 4 aromatic heterocycles. The lowest BCUT2D eigenvalue weighted by Gasteiger charge is -2.11. The van der Waals surface area contributed by atoms with E-state index in [1.807, 2.05) is 42.0 Å². The van der Waals surface area contributed by atoms with Crippen LogP contribution in [0.3, 0.4) is 0 Å². The van der Waals surface area contributed by atoms with Gasteiger partial charge in [0, 0.05) is 53.7 Å². The van der Waals surface area contributed by atoms with Crippen LogP contribution in [-0.4, -0.2) is 31.1 Å². The van der Waals surface area contributed by atoms with Gasteiger partial charge in [0.2, 0.25) is 0 Å². The van der Waals surface area contributed by atoms with E-state index in [1.54, 1.807) is 6.20 Å². The van der Waals surface area contributed by atoms with Crippen LogP contribution in [0.1, 0.15) is 11.1 Å². The molecule has 0 aliphatic rings. The number of H-pyrrole nitrogens is 1. The molecule has 2 N–H and O–H groups in total. The number of para-hydroxylation sites is 1. The second kappa shape index (κ2) is 6.81. The van der Waals surface area contributed by atoms with Gasteiger partial charge in [-0.05, 0) is 36.6 Å². The van der Waals surface area contributed by atoms with Crippen molar-refractivity contribution < 1.29 is 0 Å². The first-order chi connectivity index (χ1) is 13.8. The van der Waals surface area contributed by atoms with Crippen molar-refractivity contribution in [2.24, 2.45) is 0 Å². The van der Waals surface area contributed by atoms with Crippen molar-refractivity contribution in [1.29, 1.82) is 0 Å². The van der Waals surface area contributed by atoms with Gasteiger partial charge in [0.1, 0.15) is 5.82 Å². The summed E-state index contributed by atoms with van der Waals surface area (Å²) in [6, 6.07) is 14.4. The van der Waals surface area contributed by atoms with Crippen LogP contribution in [0.5, 0.6) is 0 Å². The molecule has 0 saturated carbocycles. The van der Waals surface area contributed by atoms with E-state index in [0.717, 1.165) is 41.3 Å². The number of anilines is 1. The Morgan fingerprint density at radius 2 is 2.04 bits per heavy atom. The van der Waals surface area contributed by atoms with Gasteiger partial charge in [0.15, 0.2) is 5.65 Å². The van der Waals surface area contributed by atoms with Gasteiger partial charge in [0.25, 0.3) is 0 Å². The fourth-order valence-corrected chi connectivity index (χ4v) is 3.55. The first kappa shape index (κ1) is 16.5. The van der Waals surface area contributed by atoms with E-state index >= 15 is 0 Å². The molecule has 1 aromatic carbocycles. The van der Waals surface area contributed by atoms with Crippen molar-refractivity contribution in [3.8, 4) is 11.3 Å². The number of hydrogen-bond donors (Lipinski definition) is 2. The van der Waals surface area contributed by atoms with Crippen LogP contribution in [0.4, 0.5) is 5.82 Å². The number of nitrogens with zero attached hydrogens (tertiary/aromatic N) is 4. The molecule has 4 heterocycles. The lowest BCUT2D eigenvalue weighted by molar-refractivity contribution is 0.916. The van der Waals surface area contributed by atoms with Crippen LogP contribution >= 0.6 is 0 Å². The summed E-state index contributed by atoms with van der Waals surface area (Å²) in [7, 11) is 0. The summed E-state index contributed by atoms with van der Waals surface area (Å²) < 4.78 is 1.84. The smallest absolute Gasteiger partial charge is 0.157 e. The molecule has 5 rings (SSSR count). The van der Waals surface area contributed by atoms with Crippen LogP contribution < -0.4 is 5.32 Å². The zero-order chi connectivity index (χ0) is 18.9. The quantitative estimate of drug-likeness (QED) is 0.487. The molecule has 28 heavy (non-hydrogen) atoms. The number of aromatic nitrogens is 5. The van der Waals surface area contributed by atoms with Gasteiger partial charge >= 0.3 is 0 Å². The molecule has 0 bridgehead atoms. The highest BCUT2D eigenvalue weighted by atomic mass is 15.3. The van der Waals surface area contributed by atoms with E-state index in [9.17, 15) is 0 Å². The number of benzene rings is 1. The average Bonchev–Trinajstić information content (AvgIpc) is 3.35. The molecule has 6 nitrogen and oxygen atoms in total. The Hall–Kier alpha value is -3.67. The Kier molecular flexibility index (Phi) is 4.01. The van der Waals surface area contributed by atoms with Gasteiger partial charge in [-0.2, -0.15) is 9.61 Å². The van der Waals surface area contributed by atoms with Gasteiger partial charge in [-0.15, -0.1) is 0 Å². The molecule has 5 aromatic rings. The predicted octanol–water partition coefficient (Wildman–Crippen LogP) is 4.24. The molecule has 0 atom stereocenters. The molecule has 0 fully saturated rings. The summed E-state index contributed by atoms with van der Waals surface area (Å²) in [5, 5.41) is 9.21. The summed E-state index contributed by atoms with van der Waals surface area (Å²) in [5.74, 6) is 0.923. The number of rotatable bonds is 5. The maximum Gasteiger partial charge on any atom is 0.157 e. The SMILES string of the molecule is Cc1cncc(-c2cc(NCCc3c[nH]c4ccccc34)n3nccc3n2)c1. The Bertz CT molecular complexity index is 1270. The Morgan fingerprint density at radius 3 is 2.96 bits per heavy atom. The van der Waals surface area contributed by atoms with Gasteiger partial charge in [-0.1, -0.05) is 18.2 Å². The Balaban J connectivity index is 1.43. The number of fused-ring (bicyclic) bond motifs is 2. The minimum atomic E-state index is 0.798. The summed E-state index contributed by atoms with van der Waals surface area (Å²) in [5.41, 5.74) is 6.29. The Labute approximate surface area is 162 Å². The number of aryl methyl sites for hydroxylation is 1. The third kappa shape index (κ3) is 2.99. The molecule has 0 amide bonds. The van der Waals surface area contributed by atoms with Crippen molar-refractivity contribution in [2.45, 2.75) is 13.3 Å². The lowest BCUT2D eigenvalue weighted by atomic mass is 10.1. The topological polar surface area (TPSA) is 70.9 Å². The van der Waals surface area contributed by atoms with Crippen molar-refractivity contribution in [3.63, 3.8) is 0 Å². The first-order valence-electron chi connectivity index (χ1n) is 9.33. The zero-order valence-electron chi connectivity index (χ0n) is 15.6. The summed E-state index contributed by atoms with van der Waals surface area (Å²) in [6.45, 7) is 2.83. The number of hydrogen-bond acceptors (Lipinski definition) is 4. The predicted molar refractivity (Wildman–Crippen MR) is 111 cm³/mol. The standard InChI is InChI=1S/C22H20N6/c1-15-10-17(13-23-12-15)20-11-22(28-21(27-20)7-9-26-28)24-8-6-16-14-25-19-5-3-2-4-18(16)19/h2-5,7,9-14,24-25H,6,8H2,1H3. The summed E-state index contributed by atoms with van der Waals surface area (Å²) in [4.78, 5) is 12.4. The fourth-order valence-electron chi connectivity index (χ4n) is 3.55. The van der Waals surface area contributed by atoms with E-state index in [-0.39, 0.29) is 0 Å². The van der Waals surface area contributed by atoms with E-state index in [4.69, 9.17) is 4.98 Å². The first-order valence-corrected chi connectivity index (χ1v) is 9.33. The molecule has 0 unspecified atom stereocenters. The monoisotopic (exact) mass is 368 g/mol. The highest BCUT2D eigenvalue weighted by Crippen LogP contribution is 2.23.